The molecule has 0 spiro atoms. The quantitative estimate of drug-likeness (QED) is 0.745. The molecule has 0 amide bonds. The van der Waals surface area contributed by atoms with Gasteiger partial charge in [0.15, 0.2) is 0 Å². The van der Waals surface area contributed by atoms with Crippen LogP contribution in [0.1, 0.15) is 65.5 Å². The summed E-state index contributed by atoms with van der Waals surface area (Å²) in [6.45, 7) is 11.9. The molecule has 0 heterocycles. The molecule has 0 unspecified atom stereocenters. The van der Waals surface area contributed by atoms with Crippen LogP contribution >= 0.6 is 15.9 Å². The number of rotatable bonds is 3. The third-order valence-corrected chi connectivity index (χ3v) is 4.88. The van der Waals surface area contributed by atoms with Crippen LogP contribution in [-0.4, -0.2) is 6.04 Å². The molecule has 0 aliphatic heterocycles. The zero-order valence-corrected chi connectivity index (χ0v) is 15.0. The van der Waals surface area contributed by atoms with E-state index in [1.807, 2.05) is 0 Å². The molecule has 2 heteroatoms. The van der Waals surface area contributed by atoms with Gasteiger partial charge < -0.3 is 5.32 Å². The molecule has 1 fully saturated rings. The average molecular weight is 338 g/mol. The summed E-state index contributed by atoms with van der Waals surface area (Å²) >= 11 is 3.56. The summed E-state index contributed by atoms with van der Waals surface area (Å²) in [7, 11) is 0. The fraction of sp³-hybridized carbons (Fsp3) is 0.667. The number of halogens is 1. The number of benzene rings is 1. The first-order valence-electron chi connectivity index (χ1n) is 7.68. The van der Waals surface area contributed by atoms with E-state index in [1.165, 1.54) is 24.8 Å². The van der Waals surface area contributed by atoms with Gasteiger partial charge in [0.2, 0.25) is 0 Å². The average Bonchev–Trinajstić information content (AvgIpc) is 2.24. The van der Waals surface area contributed by atoms with Crippen molar-refractivity contribution in [3.63, 3.8) is 0 Å². The fourth-order valence-corrected chi connectivity index (χ4v) is 4.61. The summed E-state index contributed by atoms with van der Waals surface area (Å²) in [5.41, 5.74) is 2.24. The Morgan fingerprint density at radius 3 is 2.30 bits per heavy atom. The number of nitrogens with one attached hydrogen (secondary N) is 1. The summed E-state index contributed by atoms with van der Waals surface area (Å²) in [5.74, 6) is 0. The van der Waals surface area contributed by atoms with E-state index < -0.39 is 0 Å². The minimum Gasteiger partial charge on any atom is -0.307 e. The normalized spacial score (nSPS) is 23.5. The number of hydrogen-bond acceptors (Lipinski definition) is 1. The molecule has 0 saturated heterocycles. The van der Waals surface area contributed by atoms with Gasteiger partial charge in [-0.05, 0) is 54.7 Å². The third kappa shape index (κ3) is 4.33. The Bertz CT molecular complexity index is 448. The summed E-state index contributed by atoms with van der Waals surface area (Å²) in [6.07, 6.45) is 3.87. The smallest absolute Gasteiger partial charge is 0.0294 e. The van der Waals surface area contributed by atoms with E-state index in [-0.39, 0.29) is 0 Å². The van der Waals surface area contributed by atoms with Gasteiger partial charge in [-0.3, -0.25) is 0 Å². The van der Waals surface area contributed by atoms with Crippen LogP contribution in [0.15, 0.2) is 28.7 Å². The first-order valence-corrected chi connectivity index (χ1v) is 8.48. The zero-order chi connectivity index (χ0) is 15.0. The monoisotopic (exact) mass is 337 g/mol. The Morgan fingerprint density at radius 2 is 1.75 bits per heavy atom. The summed E-state index contributed by atoms with van der Waals surface area (Å²) in [5, 5.41) is 3.85. The predicted molar refractivity (Wildman–Crippen MR) is 90.9 cm³/mol. The Balaban J connectivity index is 2.05. The maximum absolute atomic E-state index is 3.85. The first-order chi connectivity index (χ1) is 9.17. The van der Waals surface area contributed by atoms with Crippen molar-refractivity contribution in [3.05, 3.63) is 34.3 Å². The predicted octanol–water partition coefficient (Wildman–Crippen LogP) is 5.70. The van der Waals surface area contributed by atoms with Crippen LogP contribution in [0.4, 0.5) is 0 Å². The van der Waals surface area contributed by atoms with Gasteiger partial charge in [-0.1, -0.05) is 55.8 Å². The molecule has 0 aromatic heterocycles. The molecule has 20 heavy (non-hydrogen) atoms. The molecular weight excluding hydrogens is 310 g/mol. The van der Waals surface area contributed by atoms with Crippen LogP contribution in [0.3, 0.4) is 0 Å². The van der Waals surface area contributed by atoms with Crippen molar-refractivity contribution in [3.8, 4) is 0 Å². The van der Waals surface area contributed by atoms with Crippen LogP contribution in [0.25, 0.3) is 0 Å². The van der Waals surface area contributed by atoms with Crippen molar-refractivity contribution >= 4 is 15.9 Å². The van der Waals surface area contributed by atoms with Crippen LogP contribution in [0.2, 0.25) is 0 Å². The van der Waals surface area contributed by atoms with E-state index in [1.54, 1.807) is 0 Å². The van der Waals surface area contributed by atoms with Crippen molar-refractivity contribution in [2.75, 3.05) is 0 Å². The minimum atomic E-state index is 0.405. The van der Waals surface area contributed by atoms with Crippen molar-refractivity contribution in [2.45, 2.75) is 66.0 Å². The Hall–Kier alpha value is -0.340. The van der Waals surface area contributed by atoms with E-state index in [0.717, 1.165) is 4.47 Å². The topological polar surface area (TPSA) is 12.0 Å². The molecule has 1 aliphatic rings. The Labute approximate surface area is 132 Å². The van der Waals surface area contributed by atoms with Gasteiger partial charge in [-0.25, -0.2) is 0 Å². The molecule has 0 bridgehead atoms. The second-order valence-electron chi connectivity index (χ2n) is 8.05. The van der Waals surface area contributed by atoms with Crippen molar-refractivity contribution in [1.82, 2.24) is 5.32 Å². The highest BCUT2D eigenvalue weighted by Crippen LogP contribution is 2.46. The molecule has 1 saturated carbocycles. The number of hydrogen-bond donors (Lipinski definition) is 1. The van der Waals surface area contributed by atoms with Gasteiger partial charge in [0.05, 0.1) is 0 Å². The van der Waals surface area contributed by atoms with E-state index >= 15 is 0 Å². The van der Waals surface area contributed by atoms with Crippen molar-refractivity contribution in [1.29, 1.82) is 0 Å². The molecule has 1 aliphatic carbocycles. The molecule has 2 rings (SSSR count). The third-order valence-electron chi connectivity index (χ3n) is 4.39. The molecule has 0 radical (unpaired) electrons. The van der Waals surface area contributed by atoms with Gasteiger partial charge in [0.25, 0.3) is 0 Å². The van der Waals surface area contributed by atoms with Gasteiger partial charge >= 0.3 is 0 Å². The van der Waals surface area contributed by atoms with E-state index in [9.17, 15) is 0 Å². The summed E-state index contributed by atoms with van der Waals surface area (Å²) in [6, 6.07) is 9.65. The highest BCUT2D eigenvalue weighted by molar-refractivity contribution is 9.10. The van der Waals surface area contributed by atoms with Crippen LogP contribution < -0.4 is 5.32 Å². The highest BCUT2D eigenvalue weighted by Gasteiger charge is 2.38. The van der Waals surface area contributed by atoms with E-state index in [2.05, 4.69) is 80.1 Å². The Morgan fingerprint density at radius 1 is 1.15 bits per heavy atom. The molecule has 1 aromatic rings. The SMILES string of the molecule is C[C@@H](NC1CC(C)(C)CC(C)(C)C1)c1cccc(Br)c1. The lowest BCUT2D eigenvalue weighted by Gasteiger charge is -2.46. The fourth-order valence-electron chi connectivity index (χ4n) is 4.19. The lowest BCUT2D eigenvalue weighted by Crippen LogP contribution is -2.44. The molecule has 1 atom stereocenters. The van der Waals surface area contributed by atoms with Gasteiger partial charge in [-0.15, -0.1) is 0 Å². The summed E-state index contributed by atoms with van der Waals surface area (Å²) < 4.78 is 1.16. The maximum Gasteiger partial charge on any atom is 0.0294 e. The largest absolute Gasteiger partial charge is 0.307 e. The van der Waals surface area contributed by atoms with Gasteiger partial charge in [-0.2, -0.15) is 0 Å². The molecule has 112 valence electrons. The van der Waals surface area contributed by atoms with Crippen LogP contribution in [-0.2, 0) is 0 Å². The second kappa shape index (κ2) is 5.81. The van der Waals surface area contributed by atoms with Crippen LogP contribution in [0, 0.1) is 10.8 Å². The molecule has 1 aromatic carbocycles. The standard InChI is InChI=1S/C18H28BrN/c1-13(14-7-6-8-15(19)9-14)20-16-10-17(2,3)12-18(4,5)11-16/h6-9,13,16,20H,10-12H2,1-5H3/t13-/m1/s1. The van der Waals surface area contributed by atoms with E-state index in [4.69, 9.17) is 0 Å². The minimum absolute atomic E-state index is 0.405. The van der Waals surface area contributed by atoms with Crippen molar-refractivity contribution in [2.24, 2.45) is 10.8 Å². The molecular formula is C18H28BrN. The molecule has 1 N–H and O–H groups in total. The Kier molecular flexibility index (Phi) is 4.66. The summed E-state index contributed by atoms with van der Waals surface area (Å²) in [4.78, 5) is 0. The zero-order valence-electron chi connectivity index (χ0n) is 13.5. The van der Waals surface area contributed by atoms with Gasteiger partial charge in [0.1, 0.15) is 0 Å². The lowest BCUT2D eigenvalue weighted by atomic mass is 9.63. The molecule has 1 nitrogen and oxygen atoms in total. The van der Waals surface area contributed by atoms with Crippen LogP contribution in [0.5, 0.6) is 0 Å². The highest BCUT2D eigenvalue weighted by atomic mass is 79.9. The van der Waals surface area contributed by atoms with E-state index in [0.29, 0.717) is 22.9 Å². The second-order valence-corrected chi connectivity index (χ2v) is 8.97. The first kappa shape index (κ1) is 16.0. The lowest BCUT2D eigenvalue weighted by molar-refractivity contribution is 0.0811. The maximum atomic E-state index is 3.85. The van der Waals surface area contributed by atoms with Gasteiger partial charge in [0, 0.05) is 16.6 Å². The van der Waals surface area contributed by atoms with Crippen molar-refractivity contribution < 1.29 is 0 Å².